The van der Waals surface area contributed by atoms with Crippen LogP contribution in [0.3, 0.4) is 0 Å². The zero-order chi connectivity index (χ0) is 19.0. The summed E-state index contributed by atoms with van der Waals surface area (Å²) in [6.07, 6.45) is 1.82. The highest BCUT2D eigenvalue weighted by Gasteiger charge is 2.41. The number of anilines is 1. The summed E-state index contributed by atoms with van der Waals surface area (Å²) >= 11 is 13.6. The minimum Gasteiger partial charge on any atom is -0.351 e. The van der Waals surface area contributed by atoms with Crippen LogP contribution in [0.25, 0.3) is 0 Å². The molecule has 1 aliphatic rings. The number of nitrogens with zero attached hydrogens (tertiary/aromatic N) is 2. The summed E-state index contributed by atoms with van der Waals surface area (Å²) in [5.74, 6) is 0.496. The number of halogens is 1. The van der Waals surface area contributed by atoms with Crippen molar-refractivity contribution >= 4 is 46.0 Å². The molecule has 138 valence electrons. The Labute approximate surface area is 174 Å². The molecular weight excluding hydrogens is 394 g/mol. The van der Waals surface area contributed by atoms with Crippen molar-refractivity contribution in [3.05, 3.63) is 81.3 Å². The van der Waals surface area contributed by atoms with Gasteiger partial charge in [-0.1, -0.05) is 43.6 Å². The molecule has 3 aromatic rings. The molecule has 1 fully saturated rings. The Bertz CT molecular complexity index is 938. The third-order valence-electron chi connectivity index (χ3n) is 4.82. The van der Waals surface area contributed by atoms with E-state index in [9.17, 15) is 0 Å². The van der Waals surface area contributed by atoms with Gasteiger partial charge in [0.2, 0.25) is 0 Å². The Morgan fingerprint density at radius 3 is 2.48 bits per heavy atom. The summed E-state index contributed by atoms with van der Waals surface area (Å²) in [6.45, 7) is 4.40. The molecule has 2 atom stereocenters. The molecule has 2 aromatic heterocycles. The lowest BCUT2D eigenvalue weighted by Crippen LogP contribution is -2.29. The lowest BCUT2D eigenvalue weighted by atomic mass is 10.0. The van der Waals surface area contributed by atoms with Crippen LogP contribution in [0.1, 0.15) is 48.0 Å². The van der Waals surface area contributed by atoms with E-state index >= 15 is 0 Å². The highest BCUT2D eigenvalue weighted by atomic mass is 35.5. The number of hydrogen-bond acceptors (Lipinski definition) is 3. The van der Waals surface area contributed by atoms with Crippen molar-refractivity contribution in [2.24, 2.45) is 0 Å². The Hall–Kier alpha value is -1.95. The predicted molar refractivity (Wildman–Crippen MR) is 118 cm³/mol. The third-order valence-corrected chi connectivity index (χ3v) is 6.44. The summed E-state index contributed by atoms with van der Waals surface area (Å²) in [5, 5.41) is 4.18. The number of rotatable bonds is 4. The van der Waals surface area contributed by atoms with Gasteiger partial charge in [-0.3, -0.25) is 4.98 Å². The molecule has 1 aliphatic heterocycles. The van der Waals surface area contributed by atoms with E-state index in [-0.39, 0.29) is 12.1 Å². The summed E-state index contributed by atoms with van der Waals surface area (Å²) in [5.41, 5.74) is 3.36. The van der Waals surface area contributed by atoms with Crippen LogP contribution >= 0.6 is 35.2 Å². The number of thiocarbonyl (C=S) groups is 1. The van der Waals surface area contributed by atoms with E-state index in [0.29, 0.717) is 11.0 Å². The van der Waals surface area contributed by atoms with Crippen LogP contribution < -0.4 is 10.2 Å². The van der Waals surface area contributed by atoms with E-state index in [2.05, 4.69) is 59.4 Å². The predicted octanol–water partition coefficient (Wildman–Crippen LogP) is 6.10. The molecule has 0 radical (unpaired) electrons. The fraction of sp³-hybridized carbons (Fsp3) is 0.238. The SMILES string of the molecule is CC(C)c1ccc(N2C(=S)N[C@@H](c3ccccn3)[C@H]2c2ccc(Cl)s2)cc1. The van der Waals surface area contributed by atoms with Gasteiger partial charge in [0.1, 0.15) is 0 Å². The molecule has 1 N–H and O–H groups in total. The lowest BCUT2D eigenvalue weighted by molar-refractivity contribution is 0.575. The number of hydrogen-bond donors (Lipinski definition) is 1. The van der Waals surface area contributed by atoms with Gasteiger partial charge >= 0.3 is 0 Å². The zero-order valence-corrected chi connectivity index (χ0v) is 17.5. The molecule has 6 heteroatoms. The average Bonchev–Trinajstić information content (AvgIpc) is 3.25. The molecule has 27 heavy (non-hydrogen) atoms. The van der Waals surface area contributed by atoms with Crippen LogP contribution in [0.4, 0.5) is 5.69 Å². The maximum absolute atomic E-state index is 6.25. The summed E-state index contributed by atoms with van der Waals surface area (Å²) in [4.78, 5) is 7.91. The lowest BCUT2D eigenvalue weighted by Gasteiger charge is -2.27. The van der Waals surface area contributed by atoms with Crippen LogP contribution in [0.5, 0.6) is 0 Å². The fourth-order valence-electron chi connectivity index (χ4n) is 3.43. The van der Waals surface area contributed by atoms with Crippen LogP contribution in [0, 0.1) is 0 Å². The summed E-state index contributed by atoms with van der Waals surface area (Å²) < 4.78 is 0.776. The van der Waals surface area contributed by atoms with Crippen molar-refractivity contribution < 1.29 is 0 Å². The van der Waals surface area contributed by atoms with Gasteiger partial charge in [0.05, 0.1) is 22.1 Å². The highest BCUT2D eigenvalue weighted by Crippen LogP contribution is 2.44. The van der Waals surface area contributed by atoms with Gasteiger partial charge in [-0.05, 0) is 60.1 Å². The van der Waals surface area contributed by atoms with Crippen LogP contribution in [0.15, 0.2) is 60.8 Å². The Balaban J connectivity index is 1.78. The van der Waals surface area contributed by atoms with Gasteiger partial charge in [-0.2, -0.15) is 0 Å². The van der Waals surface area contributed by atoms with Crippen molar-refractivity contribution in [1.82, 2.24) is 10.3 Å². The maximum Gasteiger partial charge on any atom is 0.174 e. The normalized spacial score (nSPS) is 19.6. The molecule has 1 aromatic carbocycles. The quantitative estimate of drug-likeness (QED) is 0.523. The molecule has 0 bridgehead atoms. The summed E-state index contributed by atoms with van der Waals surface area (Å²) in [7, 11) is 0. The van der Waals surface area contributed by atoms with Crippen LogP contribution in [-0.4, -0.2) is 10.1 Å². The topological polar surface area (TPSA) is 28.2 Å². The molecule has 0 saturated carbocycles. The first kappa shape index (κ1) is 18.4. The van der Waals surface area contributed by atoms with Crippen LogP contribution in [0.2, 0.25) is 4.34 Å². The van der Waals surface area contributed by atoms with Gasteiger partial charge in [-0.25, -0.2) is 0 Å². The molecule has 0 spiro atoms. The van der Waals surface area contributed by atoms with E-state index in [4.69, 9.17) is 23.8 Å². The van der Waals surface area contributed by atoms with Crippen molar-refractivity contribution in [2.45, 2.75) is 31.8 Å². The van der Waals surface area contributed by atoms with Crippen molar-refractivity contribution in [1.29, 1.82) is 0 Å². The van der Waals surface area contributed by atoms with Crippen molar-refractivity contribution in [3.63, 3.8) is 0 Å². The second-order valence-corrected chi connectivity index (χ2v) is 9.02. The molecule has 4 rings (SSSR count). The first-order valence-electron chi connectivity index (χ1n) is 8.90. The highest BCUT2D eigenvalue weighted by molar-refractivity contribution is 7.80. The Morgan fingerprint density at radius 1 is 1.11 bits per heavy atom. The average molecular weight is 414 g/mol. The zero-order valence-electron chi connectivity index (χ0n) is 15.1. The Morgan fingerprint density at radius 2 is 1.89 bits per heavy atom. The number of pyridine rings is 1. The standard InChI is InChI=1S/C21H20ClN3S2/c1-13(2)14-6-8-15(9-7-14)25-20(17-10-11-18(22)27-17)19(24-21(25)26)16-5-3-4-12-23-16/h3-13,19-20H,1-2H3,(H,24,26)/t19-,20+/m0/s1. The molecule has 1 saturated heterocycles. The van der Waals surface area contributed by atoms with Gasteiger partial charge in [-0.15, -0.1) is 11.3 Å². The second-order valence-electron chi connectivity index (χ2n) is 6.88. The molecule has 3 nitrogen and oxygen atoms in total. The Kier molecular flexibility index (Phi) is 5.17. The fourth-order valence-corrected chi connectivity index (χ4v) is 4.96. The van der Waals surface area contributed by atoms with E-state index < -0.39 is 0 Å². The number of aromatic nitrogens is 1. The van der Waals surface area contributed by atoms with E-state index in [1.165, 1.54) is 5.56 Å². The first-order valence-corrected chi connectivity index (χ1v) is 10.5. The van der Waals surface area contributed by atoms with Crippen LogP contribution in [-0.2, 0) is 0 Å². The smallest absolute Gasteiger partial charge is 0.174 e. The van der Waals surface area contributed by atoms with Gasteiger partial charge in [0.15, 0.2) is 5.11 Å². The first-order chi connectivity index (χ1) is 13.0. The second kappa shape index (κ2) is 7.58. The van der Waals surface area contributed by atoms with E-state index in [1.54, 1.807) is 11.3 Å². The van der Waals surface area contributed by atoms with E-state index in [0.717, 1.165) is 20.6 Å². The third kappa shape index (κ3) is 3.59. The van der Waals surface area contributed by atoms with Gasteiger partial charge < -0.3 is 10.2 Å². The summed E-state index contributed by atoms with van der Waals surface area (Å²) in [6, 6.07) is 18.6. The molecule has 0 aliphatic carbocycles. The number of nitrogens with one attached hydrogen (secondary N) is 1. The molecular formula is C21H20ClN3S2. The number of benzene rings is 1. The number of thiophene rings is 1. The molecule has 0 amide bonds. The maximum atomic E-state index is 6.25. The largest absolute Gasteiger partial charge is 0.351 e. The van der Waals surface area contributed by atoms with Gasteiger partial charge in [0.25, 0.3) is 0 Å². The van der Waals surface area contributed by atoms with Crippen molar-refractivity contribution in [3.8, 4) is 0 Å². The van der Waals surface area contributed by atoms with E-state index in [1.807, 2.05) is 30.5 Å². The minimum absolute atomic E-state index is 0.00907. The monoisotopic (exact) mass is 413 g/mol. The van der Waals surface area contributed by atoms with Crippen molar-refractivity contribution in [2.75, 3.05) is 4.90 Å². The van der Waals surface area contributed by atoms with Gasteiger partial charge in [0, 0.05) is 16.8 Å². The molecule has 3 heterocycles. The molecule has 0 unspecified atom stereocenters. The minimum atomic E-state index is -0.0295.